The van der Waals surface area contributed by atoms with Crippen LogP contribution in [0.25, 0.3) is 10.4 Å². The van der Waals surface area contributed by atoms with Crippen molar-refractivity contribution >= 4 is 50.5 Å². The number of ether oxygens (including phenoxy) is 1. The quantitative estimate of drug-likeness (QED) is 0.829. The number of carbonyl (C=O) groups excluding carboxylic acids is 1. The molecule has 0 saturated heterocycles. The molecule has 1 aromatic carbocycles. The summed E-state index contributed by atoms with van der Waals surface area (Å²) in [4.78, 5) is 12.7. The van der Waals surface area contributed by atoms with Crippen LogP contribution in [0.15, 0.2) is 28.7 Å². The number of halogens is 2. The maximum Gasteiger partial charge on any atom is 0.350 e. The number of esters is 1. The van der Waals surface area contributed by atoms with Crippen LogP contribution in [0.3, 0.4) is 0 Å². The van der Waals surface area contributed by atoms with Gasteiger partial charge >= 0.3 is 5.97 Å². The van der Waals surface area contributed by atoms with E-state index in [1.54, 1.807) is 12.1 Å². The number of thiophene rings is 1. The van der Waals surface area contributed by atoms with Gasteiger partial charge in [0.25, 0.3) is 0 Å². The second-order valence-corrected chi connectivity index (χ2v) is 5.80. The topological polar surface area (TPSA) is 52.3 Å². The minimum Gasteiger partial charge on any atom is -0.465 e. The third-order valence-corrected chi connectivity index (χ3v) is 4.46. The molecule has 1 heterocycles. The zero-order valence-corrected chi connectivity index (χ0v) is 12.5. The van der Waals surface area contributed by atoms with Crippen LogP contribution in [0.4, 0.5) is 5.69 Å². The Morgan fingerprint density at radius 3 is 2.83 bits per heavy atom. The molecule has 0 aliphatic carbocycles. The highest BCUT2D eigenvalue weighted by molar-refractivity contribution is 9.10. The summed E-state index contributed by atoms with van der Waals surface area (Å²) in [6, 6.07) is 7.24. The molecule has 0 atom stereocenters. The van der Waals surface area contributed by atoms with Crippen LogP contribution >= 0.6 is 38.9 Å². The molecule has 1 aromatic heterocycles. The maximum absolute atomic E-state index is 11.5. The van der Waals surface area contributed by atoms with Gasteiger partial charge in [0.15, 0.2) is 0 Å². The molecule has 2 aromatic rings. The molecule has 0 unspecified atom stereocenters. The minimum atomic E-state index is -0.438. The lowest BCUT2D eigenvalue weighted by Gasteiger charge is -2.03. The number of methoxy groups -OCH3 is 1. The van der Waals surface area contributed by atoms with Gasteiger partial charge in [0, 0.05) is 14.9 Å². The number of hydrogen-bond acceptors (Lipinski definition) is 4. The Balaban J connectivity index is 2.56. The van der Waals surface area contributed by atoms with Crippen LogP contribution in [-0.4, -0.2) is 13.1 Å². The summed E-state index contributed by atoms with van der Waals surface area (Å²) >= 11 is 10.9. The van der Waals surface area contributed by atoms with E-state index < -0.39 is 5.97 Å². The molecule has 0 aliphatic heterocycles. The van der Waals surface area contributed by atoms with E-state index in [0.29, 0.717) is 15.6 Å². The highest BCUT2D eigenvalue weighted by atomic mass is 79.9. The average molecular weight is 347 g/mol. The predicted molar refractivity (Wildman–Crippen MR) is 78.2 cm³/mol. The van der Waals surface area contributed by atoms with Crippen molar-refractivity contribution in [3.05, 3.63) is 38.6 Å². The Kier molecular flexibility index (Phi) is 3.94. The first-order valence-electron chi connectivity index (χ1n) is 4.96. The van der Waals surface area contributed by atoms with E-state index in [4.69, 9.17) is 17.3 Å². The predicted octanol–water partition coefficient (Wildman–Crippen LogP) is 4.20. The Bertz CT molecular complexity index is 592. The third kappa shape index (κ3) is 2.39. The summed E-state index contributed by atoms with van der Waals surface area (Å²) in [5.41, 5.74) is 7.03. The summed E-state index contributed by atoms with van der Waals surface area (Å²) in [5.74, 6) is -0.438. The van der Waals surface area contributed by atoms with Crippen molar-refractivity contribution in [3.63, 3.8) is 0 Å². The van der Waals surface area contributed by atoms with Crippen molar-refractivity contribution in [3.8, 4) is 10.4 Å². The first-order valence-corrected chi connectivity index (χ1v) is 6.95. The fourth-order valence-electron chi connectivity index (χ4n) is 1.51. The van der Waals surface area contributed by atoms with Crippen LogP contribution in [0.5, 0.6) is 0 Å². The molecule has 0 amide bonds. The van der Waals surface area contributed by atoms with Crippen molar-refractivity contribution < 1.29 is 9.53 Å². The first-order chi connectivity index (χ1) is 8.54. The van der Waals surface area contributed by atoms with Gasteiger partial charge in [0.1, 0.15) is 4.88 Å². The Morgan fingerprint density at radius 2 is 2.22 bits per heavy atom. The Labute approximate surface area is 122 Å². The van der Waals surface area contributed by atoms with E-state index in [2.05, 4.69) is 20.7 Å². The van der Waals surface area contributed by atoms with Gasteiger partial charge in [0.05, 0.1) is 17.8 Å². The summed E-state index contributed by atoms with van der Waals surface area (Å²) in [6.45, 7) is 0. The van der Waals surface area contributed by atoms with Gasteiger partial charge < -0.3 is 10.5 Å². The van der Waals surface area contributed by atoms with E-state index >= 15 is 0 Å². The minimum absolute atomic E-state index is 0.388. The second-order valence-electron chi connectivity index (χ2n) is 3.48. The van der Waals surface area contributed by atoms with E-state index in [1.165, 1.54) is 18.4 Å². The maximum atomic E-state index is 11.5. The van der Waals surface area contributed by atoms with Gasteiger partial charge in [-0.05, 0) is 18.2 Å². The van der Waals surface area contributed by atoms with Crippen molar-refractivity contribution in [1.82, 2.24) is 0 Å². The number of carbonyl (C=O) groups is 1. The highest BCUT2D eigenvalue weighted by Gasteiger charge is 2.18. The summed E-state index contributed by atoms with van der Waals surface area (Å²) in [6.07, 6.45) is 0. The lowest BCUT2D eigenvalue weighted by molar-refractivity contribution is 0.0607. The Morgan fingerprint density at radius 1 is 1.50 bits per heavy atom. The lowest BCUT2D eigenvalue weighted by atomic mass is 10.2. The normalized spacial score (nSPS) is 10.4. The number of hydrogen-bond donors (Lipinski definition) is 1. The van der Waals surface area contributed by atoms with E-state index in [-0.39, 0.29) is 0 Å². The molecular weight excluding hydrogens is 338 g/mol. The van der Waals surface area contributed by atoms with Gasteiger partial charge in [-0.1, -0.05) is 33.6 Å². The monoisotopic (exact) mass is 345 g/mol. The summed E-state index contributed by atoms with van der Waals surface area (Å²) in [7, 11) is 1.33. The molecule has 6 heteroatoms. The number of nitrogens with two attached hydrogens (primary N) is 1. The SMILES string of the molecule is COC(=O)c1sc(-c2c(Cl)cccc2Br)cc1N. The number of anilines is 1. The first kappa shape index (κ1) is 13.4. The molecule has 0 saturated carbocycles. The molecule has 2 N–H and O–H groups in total. The van der Waals surface area contributed by atoms with Crippen LogP contribution in [0.1, 0.15) is 9.67 Å². The molecule has 94 valence electrons. The van der Waals surface area contributed by atoms with Crippen LogP contribution in [-0.2, 0) is 4.74 Å². The molecule has 0 bridgehead atoms. The fraction of sp³-hybridized carbons (Fsp3) is 0.0833. The largest absolute Gasteiger partial charge is 0.465 e. The molecular formula is C12H9BrClNO2S. The number of rotatable bonds is 2. The van der Waals surface area contributed by atoms with Gasteiger partial charge in [0.2, 0.25) is 0 Å². The van der Waals surface area contributed by atoms with Crippen molar-refractivity contribution in [2.45, 2.75) is 0 Å². The number of nitrogen functional groups attached to an aromatic ring is 1. The van der Waals surface area contributed by atoms with E-state index in [9.17, 15) is 4.79 Å². The van der Waals surface area contributed by atoms with Gasteiger partial charge in [-0.3, -0.25) is 0 Å². The summed E-state index contributed by atoms with van der Waals surface area (Å²) in [5, 5.41) is 0.599. The Hall–Kier alpha value is -1.04. The molecule has 18 heavy (non-hydrogen) atoms. The molecule has 0 radical (unpaired) electrons. The second kappa shape index (κ2) is 5.30. The van der Waals surface area contributed by atoms with E-state index in [1.807, 2.05) is 12.1 Å². The third-order valence-electron chi connectivity index (χ3n) is 2.34. The van der Waals surface area contributed by atoms with Crippen LogP contribution in [0, 0.1) is 0 Å². The summed E-state index contributed by atoms with van der Waals surface area (Å²) < 4.78 is 5.53. The van der Waals surface area contributed by atoms with Crippen LogP contribution in [0.2, 0.25) is 5.02 Å². The van der Waals surface area contributed by atoms with Gasteiger partial charge in [-0.2, -0.15) is 0 Å². The standard InChI is InChI=1S/C12H9BrClNO2S/c1-17-12(16)11-8(15)5-9(18-11)10-6(13)3-2-4-7(10)14/h2-5H,15H2,1H3. The van der Waals surface area contributed by atoms with Crippen molar-refractivity contribution in [2.75, 3.05) is 12.8 Å². The van der Waals surface area contributed by atoms with Gasteiger partial charge in [-0.25, -0.2) is 4.79 Å². The molecule has 0 spiro atoms. The highest BCUT2D eigenvalue weighted by Crippen LogP contribution is 2.41. The van der Waals surface area contributed by atoms with Crippen molar-refractivity contribution in [2.24, 2.45) is 0 Å². The molecule has 3 nitrogen and oxygen atoms in total. The number of benzene rings is 1. The van der Waals surface area contributed by atoms with Crippen LogP contribution < -0.4 is 5.73 Å². The zero-order valence-electron chi connectivity index (χ0n) is 9.37. The molecule has 0 aliphatic rings. The van der Waals surface area contributed by atoms with Crippen molar-refractivity contribution in [1.29, 1.82) is 0 Å². The molecule has 0 fully saturated rings. The fourth-order valence-corrected chi connectivity index (χ4v) is 3.74. The zero-order chi connectivity index (χ0) is 13.3. The average Bonchev–Trinajstić information content (AvgIpc) is 2.70. The smallest absolute Gasteiger partial charge is 0.350 e. The van der Waals surface area contributed by atoms with Gasteiger partial charge in [-0.15, -0.1) is 11.3 Å². The lowest BCUT2D eigenvalue weighted by Crippen LogP contribution is -2.00. The van der Waals surface area contributed by atoms with E-state index in [0.717, 1.165) is 14.9 Å². The molecule has 2 rings (SSSR count).